The van der Waals surface area contributed by atoms with E-state index in [-0.39, 0.29) is 11.3 Å². The summed E-state index contributed by atoms with van der Waals surface area (Å²) >= 11 is 0. The minimum atomic E-state index is -0.494. The highest BCUT2D eigenvalue weighted by Crippen LogP contribution is 2.33. The Labute approximate surface area is 115 Å². The van der Waals surface area contributed by atoms with Crippen LogP contribution in [0, 0.1) is 24.0 Å². The molecule has 0 saturated carbocycles. The van der Waals surface area contributed by atoms with E-state index >= 15 is 0 Å². The summed E-state index contributed by atoms with van der Waals surface area (Å²) in [6.07, 6.45) is 0. The van der Waals surface area contributed by atoms with Crippen molar-refractivity contribution in [2.75, 3.05) is 11.9 Å². The normalized spacial score (nSPS) is 11.8. The number of nitrogens with one attached hydrogen (secondary N) is 1. The van der Waals surface area contributed by atoms with E-state index in [1.807, 2.05) is 13.8 Å². The van der Waals surface area contributed by atoms with Crippen LogP contribution in [0.2, 0.25) is 0 Å². The van der Waals surface area contributed by atoms with Crippen LogP contribution in [-0.2, 0) is 0 Å². The summed E-state index contributed by atoms with van der Waals surface area (Å²) in [6.45, 7) is 7.67. The van der Waals surface area contributed by atoms with E-state index in [1.165, 1.54) is 4.52 Å². The minimum absolute atomic E-state index is 0.121. The third-order valence-corrected chi connectivity index (χ3v) is 3.06. The predicted octanol–water partition coefficient (Wildman–Crippen LogP) is 0.799. The molecule has 0 saturated heterocycles. The maximum absolute atomic E-state index is 11.3. The molecule has 2 rings (SSSR count). The summed E-state index contributed by atoms with van der Waals surface area (Å²) < 4.78 is 1.37. The number of pyridine rings is 1. The Kier molecular flexibility index (Phi) is 3.30. The molecule has 0 atom stereocenters. The lowest BCUT2D eigenvalue weighted by atomic mass is 10.1. The molecule has 108 valence electrons. The van der Waals surface area contributed by atoms with Crippen molar-refractivity contribution in [1.29, 1.82) is 0 Å². The van der Waals surface area contributed by atoms with Gasteiger partial charge in [0.05, 0.1) is 4.92 Å². The maximum Gasteiger partial charge on any atom is 0.338 e. The van der Waals surface area contributed by atoms with Gasteiger partial charge < -0.3 is 11.1 Å². The zero-order chi connectivity index (χ0) is 15.1. The fourth-order valence-corrected chi connectivity index (χ4v) is 1.90. The van der Waals surface area contributed by atoms with E-state index in [0.717, 1.165) is 11.3 Å². The van der Waals surface area contributed by atoms with Crippen LogP contribution in [-0.4, -0.2) is 37.0 Å². The van der Waals surface area contributed by atoms with Gasteiger partial charge in [-0.25, -0.2) is 0 Å². The summed E-state index contributed by atoms with van der Waals surface area (Å²) in [7, 11) is 0. The van der Waals surface area contributed by atoms with Crippen molar-refractivity contribution in [2.45, 2.75) is 33.2 Å². The highest BCUT2D eigenvalue weighted by Gasteiger charge is 2.27. The second-order valence-corrected chi connectivity index (χ2v) is 5.45. The molecule has 9 heteroatoms. The Morgan fingerprint density at radius 2 is 2.10 bits per heavy atom. The summed E-state index contributed by atoms with van der Waals surface area (Å²) in [4.78, 5) is 10.9. The van der Waals surface area contributed by atoms with Crippen LogP contribution in [0.3, 0.4) is 0 Å². The van der Waals surface area contributed by atoms with Gasteiger partial charge in [-0.15, -0.1) is 5.10 Å². The van der Waals surface area contributed by atoms with Crippen LogP contribution < -0.4 is 11.1 Å². The quantitative estimate of drug-likeness (QED) is 0.626. The number of anilines is 1. The molecule has 0 unspecified atom stereocenters. The van der Waals surface area contributed by atoms with Crippen LogP contribution in [0.25, 0.3) is 5.65 Å². The molecule has 0 fully saturated rings. The van der Waals surface area contributed by atoms with Crippen molar-refractivity contribution in [3.8, 4) is 0 Å². The van der Waals surface area contributed by atoms with E-state index in [2.05, 4.69) is 20.8 Å². The van der Waals surface area contributed by atoms with Gasteiger partial charge in [0.25, 0.3) is 5.65 Å². The van der Waals surface area contributed by atoms with Gasteiger partial charge >= 0.3 is 5.69 Å². The summed E-state index contributed by atoms with van der Waals surface area (Å²) in [6, 6.07) is 0. The second-order valence-electron chi connectivity index (χ2n) is 5.45. The molecule has 0 aliphatic heterocycles. The SMILES string of the molecule is Cc1c(NCC(C)(C)N)c([N+](=O)[O-])c2nnnn2c1C. The van der Waals surface area contributed by atoms with E-state index in [9.17, 15) is 10.1 Å². The number of hydrogen-bond donors (Lipinski definition) is 2. The molecule has 0 amide bonds. The van der Waals surface area contributed by atoms with E-state index in [4.69, 9.17) is 5.73 Å². The number of nitrogens with two attached hydrogens (primary N) is 1. The highest BCUT2D eigenvalue weighted by atomic mass is 16.6. The smallest absolute Gasteiger partial charge is 0.338 e. The third kappa shape index (κ3) is 2.39. The van der Waals surface area contributed by atoms with Crippen LogP contribution in [0.4, 0.5) is 11.4 Å². The van der Waals surface area contributed by atoms with Crippen LogP contribution in [0.15, 0.2) is 0 Å². The molecule has 2 aromatic heterocycles. The fourth-order valence-electron chi connectivity index (χ4n) is 1.90. The second kappa shape index (κ2) is 4.67. The Hall–Kier alpha value is -2.29. The van der Waals surface area contributed by atoms with Crippen molar-refractivity contribution in [2.24, 2.45) is 5.73 Å². The molecule has 9 nitrogen and oxygen atoms in total. The molecule has 3 N–H and O–H groups in total. The van der Waals surface area contributed by atoms with Gasteiger partial charge in [0.2, 0.25) is 0 Å². The molecule has 0 spiro atoms. The Balaban J connectivity index is 2.64. The minimum Gasteiger partial charge on any atom is -0.377 e. The molecule has 2 heterocycles. The van der Waals surface area contributed by atoms with Gasteiger partial charge in [-0.3, -0.25) is 10.1 Å². The van der Waals surface area contributed by atoms with Gasteiger partial charge in [0.1, 0.15) is 5.69 Å². The highest BCUT2D eigenvalue weighted by molar-refractivity contribution is 5.78. The van der Waals surface area contributed by atoms with Gasteiger partial charge in [0, 0.05) is 23.3 Å². The molecule has 2 aromatic rings. The number of nitro groups is 1. The van der Waals surface area contributed by atoms with Crippen LogP contribution in [0.1, 0.15) is 25.1 Å². The number of fused-ring (bicyclic) bond motifs is 1. The lowest BCUT2D eigenvalue weighted by Gasteiger charge is -2.21. The fraction of sp³-hybridized carbons (Fsp3) is 0.545. The molecule has 0 radical (unpaired) electrons. The van der Waals surface area contributed by atoms with Crippen molar-refractivity contribution < 1.29 is 4.92 Å². The van der Waals surface area contributed by atoms with E-state index in [1.54, 1.807) is 13.8 Å². The number of rotatable bonds is 4. The Morgan fingerprint density at radius 3 is 2.65 bits per heavy atom. The van der Waals surface area contributed by atoms with Crippen molar-refractivity contribution in [3.05, 3.63) is 21.4 Å². The van der Waals surface area contributed by atoms with Crippen LogP contribution in [0.5, 0.6) is 0 Å². The first kappa shape index (κ1) is 14.1. The average Bonchev–Trinajstić information content (AvgIpc) is 2.79. The lowest BCUT2D eigenvalue weighted by molar-refractivity contribution is -0.382. The number of hydrogen-bond acceptors (Lipinski definition) is 7. The first-order chi connectivity index (χ1) is 9.22. The first-order valence-electron chi connectivity index (χ1n) is 6.11. The first-order valence-corrected chi connectivity index (χ1v) is 6.11. The van der Waals surface area contributed by atoms with E-state index < -0.39 is 10.5 Å². The molecule has 0 aliphatic rings. The summed E-state index contributed by atoms with van der Waals surface area (Å²) in [5, 5.41) is 25.4. The van der Waals surface area contributed by atoms with Gasteiger partial charge in [-0.1, -0.05) is 0 Å². The number of aryl methyl sites for hydroxylation is 1. The predicted molar refractivity (Wildman–Crippen MR) is 73.7 cm³/mol. The van der Waals surface area contributed by atoms with Crippen molar-refractivity contribution >= 4 is 17.0 Å². The van der Waals surface area contributed by atoms with Crippen molar-refractivity contribution in [1.82, 2.24) is 20.0 Å². The monoisotopic (exact) mass is 279 g/mol. The van der Waals surface area contributed by atoms with E-state index in [0.29, 0.717) is 12.2 Å². The third-order valence-electron chi connectivity index (χ3n) is 3.06. The largest absolute Gasteiger partial charge is 0.377 e. The molecule has 0 aromatic carbocycles. The molecular formula is C11H17N7O2. The molecule has 0 bridgehead atoms. The maximum atomic E-state index is 11.3. The summed E-state index contributed by atoms with van der Waals surface area (Å²) in [5.41, 5.74) is 7.28. The Morgan fingerprint density at radius 1 is 1.45 bits per heavy atom. The zero-order valence-electron chi connectivity index (χ0n) is 11.8. The molecule has 0 aliphatic carbocycles. The molecular weight excluding hydrogens is 262 g/mol. The summed E-state index contributed by atoms with van der Waals surface area (Å²) in [5.74, 6) is 0. The Bertz CT molecular complexity index is 671. The van der Waals surface area contributed by atoms with Gasteiger partial charge in [-0.05, 0) is 38.1 Å². The van der Waals surface area contributed by atoms with Gasteiger partial charge in [-0.2, -0.15) is 4.52 Å². The number of aromatic nitrogens is 4. The standard InChI is InChI=1S/C11H17N7O2/c1-6-7(2)17-10(14-15-16-17)9(18(19)20)8(6)13-5-11(3,4)12/h13H,5,12H2,1-4H3. The topological polar surface area (TPSA) is 124 Å². The zero-order valence-corrected chi connectivity index (χ0v) is 11.8. The van der Waals surface area contributed by atoms with Gasteiger partial charge in [0.15, 0.2) is 0 Å². The van der Waals surface area contributed by atoms with Crippen LogP contribution >= 0.6 is 0 Å². The number of nitrogens with zero attached hydrogens (tertiary/aromatic N) is 5. The average molecular weight is 279 g/mol. The van der Waals surface area contributed by atoms with Crippen molar-refractivity contribution in [3.63, 3.8) is 0 Å². The number of tetrazole rings is 1. The molecule has 20 heavy (non-hydrogen) atoms. The lowest BCUT2D eigenvalue weighted by Crippen LogP contribution is -2.39.